The zero-order valence-electron chi connectivity index (χ0n) is 19.3. The lowest BCUT2D eigenvalue weighted by Gasteiger charge is -2.17. The van der Waals surface area contributed by atoms with Crippen LogP contribution in [0.1, 0.15) is 59.3 Å². The number of allylic oxidation sites excluding steroid dienone is 9. The van der Waals surface area contributed by atoms with Crippen molar-refractivity contribution in [2.24, 2.45) is 5.41 Å². The van der Waals surface area contributed by atoms with Crippen molar-refractivity contribution in [1.82, 2.24) is 0 Å². The number of aliphatic carboxylic acids is 1. The summed E-state index contributed by atoms with van der Waals surface area (Å²) >= 11 is 0. The molecule has 10 heteroatoms. The molecular formula is C24H30F6O4. The Labute approximate surface area is 195 Å². The highest BCUT2D eigenvalue weighted by molar-refractivity contribution is 5.73. The number of ether oxygens (including phenoxy) is 1. The summed E-state index contributed by atoms with van der Waals surface area (Å²) in [6, 6.07) is 0. The molecule has 0 aromatic heterocycles. The average Bonchev–Trinajstić information content (AvgIpc) is 3.54. The fraction of sp³-hybridized carbons (Fsp3) is 0.542. The van der Waals surface area contributed by atoms with Gasteiger partial charge >= 0.3 is 5.97 Å². The van der Waals surface area contributed by atoms with E-state index < -0.39 is 77.5 Å². The van der Waals surface area contributed by atoms with Crippen molar-refractivity contribution in [1.29, 1.82) is 0 Å². The molecule has 1 aliphatic heterocycles. The first-order valence-corrected chi connectivity index (χ1v) is 10.8. The molecule has 34 heavy (non-hydrogen) atoms. The Bertz CT molecular complexity index is 873. The highest BCUT2D eigenvalue weighted by Crippen LogP contribution is 2.39. The van der Waals surface area contributed by atoms with Gasteiger partial charge in [0.05, 0.1) is 17.9 Å². The maximum Gasteiger partial charge on any atom is 0.309 e. The highest BCUT2D eigenvalue weighted by Gasteiger charge is 2.50. The van der Waals surface area contributed by atoms with Crippen molar-refractivity contribution >= 4 is 5.97 Å². The molecule has 0 saturated carbocycles. The molecule has 4 nitrogen and oxygen atoms in total. The largest absolute Gasteiger partial charge is 0.481 e. The first kappa shape index (κ1) is 29.7. The van der Waals surface area contributed by atoms with Crippen molar-refractivity contribution in [2.45, 2.75) is 77.6 Å². The van der Waals surface area contributed by atoms with Gasteiger partial charge in [0.2, 0.25) is 0 Å². The summed E-state index contributed by atoms with van der Waals surface area (Å²) in [7, 11) is 0. The lowest BCUT2D eigenvalue weighted by molar-refractivity contribution is -0.147. The second kappa shape index (κ2) is 13.5. The van der Waals surface area contributed by atoms with Crippen LogP contribution in [0.3, 0.4) is 0 Å². The average molecular weight is 496 g/mol. The lowest BCUT2D eigenvalue weighted by Crippen LogP contribution is -2.27. The summed E-state index contributed by atoms with van der Waals surface area (Å²) in [4.78, 5) is 11.1. The van der Waals surface area contributed by atoms with E-state index in [0.717, 1.165) is 0 Å². The van der Waals surface area contributed by atoms with E-state index in [9.17, 15) is 36.2 Å². The number of aliphatic hydroxyl groups is 1. The van der Waals surface area contributed by atoms with Crippen molar-refractivity contribution in [3.63, 3.8) is 0 Å². The Balaban J connectivity index is 2.56. The lowest BCUT2D eigenvalue weighted by atomic mass is 9.87. The van der Waals surface area contributed by atoms with Crippen LogP contribution in [0.2, 0.25) is 0 Å². The third-order valence-corrected chi connectivity index (χ3v) is 5.15. The summed E-state index contributed by atoms with van der Waals surface area (Å²) < 4.78 is 86.9. The molecule has 1 aliphatic rings. The van der Waals surface area contributed by atoms with Crippen molar-refractivity contribution < 1.29 is 46.1 Å². The first-order valence-electron chi connectivity index (χ1n) is 10.8. The van der Waals surface area contributed by atoms with E-state index in [-0.39, 0.29) is 25.7 Å². The van der Waals surface area contributed by atoms with E-state index in [1.165, 1.54) is 45.1 Å². The molecule has 0 aromatic rings. The maximum atomic E-state index is 14.1. The van der Waals surface area contributed by atoms with Gasteiger partial charge in [0.15, 0.2) is 5.83 Å². The molecule has 192 valence electrons. The van der Waals surface area contributed by atoms with Crippen LogP contribution in [0.5, 0.6) is 0 Å². The number of carbonyl (C=O) groups is 1. The predicted octanol–water partition coefficient (Wildman–Crippen LogP) is 7.15. The normalized spacial score (nSPS) is 21.9. The van der Waals surface area contributed by atoms with Crippen LogP contribution in [-0.4, -0.2) is 34.5 Å². The number of hydrogen-bond donors (Lipinski definition) is 2. The van der Waals surface area contributed by atoms with Crippen molar-refractivity contribution in [2.75, 3.05) is 0 Å². The molecule has 3 unspecified atom stereocenters. The van der Waals surface area contributed by atoms with Crippen molar-refractivity contribution in [3.05, 3.63) is 59.3 Å². The van der Waals surface area contributed by atoms with Crippen LogP contribution in [0.25, 0.3) is 0 Å². The van der Waals surface area contributed by atoms with Gasteiger partial charge in [-0.1, -0.05) is 31.2 Å². The van der Waals surface area contributed by atoms with Gasteiger partial charge in [-0.3, -0.25) is 4.79 Å². The van der Waals surface area contributed by atoms with E-state index in [4.69, 9.17) is 9.84 Å². The van der Waals surface area contributed by atoms with E-state index in [1.54, 1.807) is 0 Å². The van der Waals surface area contributed by atoms with Crippen LogP contribution >= 0.6 is 0 Å². The topological polar surface area (TPSA) is 70.1 Å². The van der Waals surface area contributed by atoms with E-state index in [0.29, 0.717) is 0 Å². The molecule has 1 saturated heterocycles. The van der Waals surface area contributed by atoms with Gasteiger partial charge in [0.25, 0.3) is 0 Å². The molecular weight excluding hydrogens is 466 g/mol. The standard InChI is InChI=1S/C24H30F6O4/c1-4-14(25)15(26)10-8-6-5-7-9-11-16(27)17(28)12-18(29)20(30)21(31)22-19(34-22)13-24(2,3)23(32)33/h6-9,19,21-22,31H,4-5,10-13H2,1-3H3,(H,32,33)/b8-6-,9-7-,15-14-,17-16-,20-18-. The van der Waals surface area contributed by atoms with Crippen LogP contribution in [0.15, 0.2) is 59.3 Å². The molecule has 0 spiro atoms. The Kier molecular flexibility index (Phi) is 11.8. The van der Waals surface area contributed by atoms with E-state index in [1.807, 2.05) is 0 Å². The molecule has 0 amide bonds. The van der Waals surface area contributed by atoms with Gasteiger partial charge in [-0.15, -0.1) is 0 Å². The predicted molar refractivity (Wildman–Crippen MR) is 115 cm³/mol. The number of aliphatic hydroxyl groups excluding tert-OH is 1. The third kappa shape index (κ3) is 9.50. The molecule has 1 heterocycles. The molecule has 0 aliphatic carbocycles. The Morgan fingerprint density at radius 3 is 1.94 bits per heavy atom. The molecule has 0 bridgehead atoms. The molecule has 3 atom stereocenters. The Morgan fingerprint density at radius 2 is 1.44 bits per heavy atom. The van der Waals surface area contributed by atoms with Crippen LogP contribution in [-0.2, 0) is 9.53 Å². The van der Waals surface area contributed by atoms with Gasteiger partial charge in [-0.2, -0.15) is 0 Å². The number of epoxide rings is 1. The highest BCUT2D eigenvalue weighted by atomic mass is 19.2. The van der Waals surface area contributed by atoms with Gasteiger partial charge < -0.3 is 14.9 Å². The van der Waals surface area contributed by atoms with E-state index >= 15 is 0 Å². The smallest absolute Gasteiger partial charge is 0.309 e. The van der Waals surface area contributed by atoms with Gasteiger partial charge in [-0.05, 0) is 33.1 Å². The van der Waals surface area contributed by atoms with Gasteiger partial charge in [0.1, 0.15) is 41.3 Å². The zero-order chi connectivity index (χ0) is 26.1. The second-order valence-corrected chi connectivity index (χ2v) is 8.47. The summed E-state index contributed by atoms with van der Waals surface area (Å²) in [5.41, 5.74) is -1.21. The number of hydrogen-bond acceptors (Lipinski definition) is 3. The number of halogens is 6. The first-order chi connectivity index (χ1) is 15.8. The Morgan fingerprint density at radius 1 is 0.912 bits per heavy atom. The summed E-state index contributed by atoms with van der Waals surface area (Å²) in [5, 5.41) is 18.9. The fourth-order valence-electron chi connectivity index (χ4n) is 2.87. The summed E-state index contributed by atoms with van der Waals surface area (Å²) in [5.74, 6) is -9.13. The van der Waals surface area contributed by atoms with E-state index in [2.05, 4.69) is 0 Å². The SMILES string of the molecule is CC/C(F)=C(/F)C/C=C\C/C=C\C/C(F)=C(/F)C/C(F)=C(/F)C(O)C1OC1CC(C)(C)C(=O)O. The fourth-order valence-corrected chi connectivity index (χ4v) is 2.87. The molecule has 1 rings (SSSR count). The quantitative estimate of drug-likeness (QED) is 0.152. The van der Waals surface area contributed by atoms with Crippen LogP contribution in [0, 0.1) is 5.41 Å². The van der Waals surface area contributed by atoms with Crippen LogP contribution < -0.4 is 0 Å². The number of carboxylic acid groups (broad SMARTS) is 1. The maximum absolute atomic E-state index is 14.1. The van der Waals surface area contributed by atoms with Crippen LogP contribution in [0.4, 0.5) is 26.3 Å². The molecule has 2 N–H and O–H groups in total. The molecule has 0 radical (unpaired) electrons. The Hall–Kier alpha value is -2.33. The summed E-state index contributed by atoms with van der Waals surface area (Å²) in [6.07, 6.45) is -0.457. The summed E-state index contributed by atoms with van der Waals surface area (Å²) in [6.45, 7) is 4.29. The van der Waals surface area contributed by atoms with Gasteiger partial charge in [-0.25, -0.2) is 26.3 Å². The number of rotatable bonds is 14. The van der Waals surface area contributed by atoms with Crippen molar-refractivity contribution in [3.8, 4) is 0 Å². The zero-order valence-corrected chi connectivity index (χ0v) is 19.3. The molecule has 1 fully saturated rings. The minimum atomic E-state index is -2.07. The second-order valence-electron chi connectivity index (χ2n) is 8.47. The monoisotopic (exact) mass is 496 g/mol. The number of carboxylic acids is 1. The minimum Gasteiger partial charge on any atom is -0.481 e. The van der Waals surface area contributed by atoms with Gasteiger partial charge in [0, 0.05) is 12.8 Å². The molecule has 0 aromatic carbocycles. The minimum absolute atomic E-state index is 0.0462. The third-order valence-electron chi connectivity index (χ3n) is 5.15.